The molecule has 0 aromatic heterocycles. The second kappa shape index (κ2) is 1.21. The summed E-state index contributed by atoms with van der Waals surface area (Å²) in [5.74, 6) is 1.07. The molecule has 0 aromatic carbocycles. The predicted octanol–water partition coefficient (Wildman–Crippen LogP) is 2.83. The van der Waals surface area contributed by atoms with Crippen LogP contribution in [0, 0.1) is 16.7 Å². The van der Waals surface area contributed by atoms with Crippen molar-refractivity contribution in [1.82, 2.24) is 0 Å². The average molecular weight is 124 g/mol. The van der Waals surface area contributed by atoms with Gasteiger partial charge in [0.15, 0.2) is 0 Å². The van der Waals surface area contributed by atoms with Crippen LogP contribution in [0.15, 0.2) is 0 Å². The second-order valence-corrected chi connectivity index (χ2v) is 4.72. The quantitative estimate of drug-likeness (QED) is 0.466. The van der Waals surface area contributed by atoms with Crippen molar-refractivity contribution in [3.05, 3.63) is 0 Å². The second-order valence-electron chi connectivity index (χ2n) is 4.72. The lowest BCUT2D eigenvalue weighted by molar-refractivity contribution is -0.0393. The van der Waals surface area contributed by atoms with E-state index in [0.29, 0.717) is 5.41 Å². The van der Waals surface area contributed by atoms with E-state index in [-0.39, 0.29) is 0 Å². The summed E-state index contributed by atoms with van der Waals surface area (Å²) in [5.41, 5.74) is 1.42. The largest absolute Gasteiger partial charge is 0.0591 e. The van der Waals surface area contributed by atoms with E-state index in [1.165, 1.54) is 19.3 Å². The lowest BCUT2D eigenvalue weighted by Gasteiger charge is -2.53. The van der Waals surface area contributed by atoms with Gasteiger partial charge in [-0.2, -0.15) is 0 Å². The fourth-order valence-electron chi connectivity index (χ4n) is 2.80. The van der Waals surface area contributed by atoms with Gasteiger partial charge in [-0.05, 0) is 36.0 Å². The van der Waals surface area contributed by atoms with Crippen molar-refractivity contribution in [1.29, 1.82) is 0 Å². The van der Waals surface area contributed by atoms with E-state index in [2.05, 4.69) is 20.8 Å². The van der Waals surface area contributed by atoms with Crippen molar-refractivity contribution >= 4 is 0 Å². The van der Waals surface area contributed by atoms with Crippen molar-refractivity contribution < 1.29 is 0 Å². The van der Waals surface area contributed by atoms with Crippen molar-refractivity contribution in [2.24, 2.45) is 16.7 Å². The lowest BCUT2D eigenvalue weighted by atomic mass is 9.52. The van der Waals surface area contributed by atoms with Crippen LogP contribution in [0.2, 0.25) is 0 Å². The fourth-order valence-corrected chi connectivity index (χ4v) is 2.80. The minimum absolute atomic E-state index is 0.688. The molecule has 52 valence electrons. The Morgan fingerprint density at radius 2 is 1.89 bits per heavy atom. The van der Waals surface area contributed by atoms with E-state index in [9.17, 15) is 0 Å². The Balaban J connectivity index is 2.32. The van der Waals surface area contributed by atoms with Crippen molar-refractivity contribution in [3.8, 4) is 0 Å². The van der Waals surface area contributed by atoms with Gasteiger partial charge in [-0.25, -0.2) is 0 Å². The maximum Gasteiger partial charge on any atom is -0.0269 e. The van der Waals surface area contributed by atoms with Crippen LogP contribution in [0.5, 0.6) is 0 Å². The van der Waals surface area contributed by atoms with Gasteiger partial charge >= 0.3 is 0 Å². The van der Waals surface area contributed by atoms with E-state index in [1.807, 2.05) is 0 Å². The molecule has 0 aromatic rings. The summed E-state index contributed by atoms with van der Waals surface area (Å²) in [6.07, 6.45) is 4.51. The maximum atomic E-state index is 2.45. The number of fused-ring (bicyclic) bond motifs is 1. The summed E-state index contributed by atoms with van der Waals surface area (Å²) in [4.78, 5) is 0. The molecule has 3 fully saturated rings. The minimum atomic E-state index is 0.688. The molecule has 0 heteroatoms. The van der Waals surface area contributed by atoms with Gasteiger partial charge in [0.1, 0.15) is 0 Å². The third-order valence-corrected chi connectivity index (χ3v) is 4.32. The Morgan fingerprint density at radius 1 is 1.22 bits per heavy atom. The SMILES string of the molecule is CC12CCC(C1)C2(C)C. The third kappa shape index (κ3) is 0.426. The molecule has 3 aliphatic rings. The zero-order chi connectivity index (χ0) is 6.70. The zero-order valence-electron chi connectivity index (χ0n) is 6.70. The molecule has 0 nitrogen and oxygen atoms in total. The molecule has 3 rings (SSSR count). The van der Waals surface area contributed by atoms with Gasteiger partial charge in [0.05, 0.1) is 0 Å². The third-order valence-electron chi connectivity index (χ3n) is 4.32. The minimum Gasteiger partial charge on any atom is -0.0591 e. The highest BCUT2D eigenvalue weighted by Gasteiger charge is 2.61. The highest BCUT2D eigenvalue weighted by Crippen LogP contribution is 2.70. The Hall–Kier alpha value is 0. The molecule has 0 spiro atoms. The lowest BCUT2D eigenvalue weighted by Crippen LogP contribution is -2.45. The maximum absolute atomic E-state index is 2.45. The smallest absolute Gasteiger partial charge is 0.0269 e. The van der Waals surface area contributed by atoms with E-state index in [4.69, 9.17) is 0 Å². The Labute approximate surface area is 57.6 Å². The Morgan fingerprint density at radius 3 is 2.00 bits per heavy atom. The summed E-state index contributed by atoms with van der Waals surface area (Å²) in [6, 6.07) is 0. The fraction of sp³-hybridized carbons (Fsp3) is 1.00. The van der Waals surface area contributed by atoms with Crippen molar-refractivity contribution in [2.75, 3.05) is 0 Å². The highest BCUT2D eigenvalue weighted by atomic mass is 14.7. The highest BCUT2D eigenvalue weighted by molar-refractivity contribution is 5.10. The van der Waals surface area contributed by atoms with E-state index in [0.717, 1.165) is 11.3 Å². The first kappa shape index (κ1) is 5.76. The first-order chi connectivity index (χ1) is 4.06. The van der Waals surface area contributed by atoms with Gasteiger partial charge in [-0.3, -0.25) is 0 Å². The summed E-state index contributed by atoms with van der Waals surface area (Å²) >= 11 is 0. The van der Waals surface area contributed by atoms with Crippen LogP contribution in [0.3, 0.4) is 0 Å². The summed E-state index contributed by atoms with van der Waals surface area (Å²) in [7, 11) is 0. The van der Waals surface area contributed by atoms with Crippen LogP contribution in [0.4, 0.5) is 0 Å². The number of rotatable bonds is 0. The molecular formula is C9H16. The average Bonchev–Trinajstić information content (AvgIpc) is 2.21. The van der Waals surface area contributed by atoms with Crippen LogP contribution in [-0.4, -0.2) is 0 Å². The molecule has 2 unspecified atom stereocenters. The van der Waals surface area contributed by atoms with E-state index >= 15 is 0 Å². The molecule has 9 heavy (non-hydrogen) atoms. The molecule has 0 radical (unpaired) electrons. The molecule has 3 saturated carbocycles. The standard InChI is InChI=1S/C9H16/c1-8(2)7-4-5-9(8,3)6-7/h7H,4-6H2,1-3H3. The Kier molecular flexibility index (Phi) is 0.774. The van der Waals surface area contributed by atoms with E-state index in [1.54, 1.807) is 0 Å². The number of hydrogen-bond donors (Lipinski definition) is 0. The molecule has 3 aliphatic carbocycles. The summed E-state index contributed by atoms with van der Waals surface area (Å²) in [6.45, 7) is 7.33. The van der Waals surface area contributed by atoms with Crippen LogP contribution >= 0.6 is 0 Å². The first-order valence-electron chi connectivity index (χ1n) is 4.06. The van der Waals surface area contributed by atoms with Gasteiger partial charge in [-0.1, -0.05) is 20.8 Å². The van der Waals surface area contributed by atoms with Crippen molar-refractivity contribution in [3.63, 3.8) is 0 Å². The number of hydrogen-bond acceptors (Lipinski definition) is 0. The monoisotopic (exact) mass is 124 g/mol. The van der Waals surface area contributed by atoms with Gasteiger partial charge in [0.25, 0.3) is 0 Å². The molecule has 0 amide bonds. The zero-order valence-corrected chi connectivity index (χ0v) is 6.70. The van der Waals surface area contributed by atoms with Crippen LogP contribution in [0.1, 0.15) is 40.0 Å². The predicted molar refractivity (Wildman–Crippen MR) is 39.2 cm³/mol. The van der Waals surface area contributed by atoms with Crippen molar-refractivity contribution in [2.45, 2.75) is 40.0 Å². The molecule has 0 aliphatic heterocycles. The van der Waals surface area contributed by atoms with Crippen LogP contribution in [0.25, 0.3) is 0 Å². The molecular weight excluding hydrogens is 108 g/mol. The molecule has 2 atom stereocenters. The summed E-state index contributed by atoms with van der Waals surface area (Å²) < 4.78 is 0. The van der Waals surface area contributed by atoms with Crippen LogP contribution < -0.4 is 0 Å². The Bertz CT molecular complexity index is 139. The molecule has 0 heterocycles. The molecule has 0 N–H and O–H groups in total. The van der Waals surface area contributed by atoms with Gasteiger partial charge in [0.2, 0.25) is 0 Å². The van der Waals surface area contributed by atoms with Gasteiger partial charge in [0, 0.05) is 0 Å². The van der Waals surface area contributed by atoms with Crippen LogP contribution in [-0.2, 0) is 0 Å². The summed E-state index contributed by atoms with van der Waals surface area (Å²) in [5, 5.41) is 0. The normalized spacial score (nSPS) is 53.0. The topological polar surface area (TPSA) is 0 Å². The van der Waals surface area contributed by atoms with E-state index < -0.39 is 0 Å². The molecule has 0 saturated heterocycles. The molecule has 2 bridgehead atoms. The first-order valence-corrected chi connectivity index (χ1v) is 4.06. The van der Waals surface area contributed by atoms with Gasteiger partial charge in [-0.15, -0.1) is 0 Å². The van der Waals surface area contributed by atoms with Gasteiger partial charge < -0.3 is 0 Å².